The van der Waals surface area contributed by atoms with Crippen LogP contribution in [-0.4, -0.2) is 12.1 Å². The molecule has 0 saturated carbocycles. The van der Waals surface area contributed by atoms with Crippen LogP contribution in [0, 0.1) is 17.3 Å². The van der Waals surface area contributed by atoms with Crippen LogP contribution in [0.5, 0.6) is 0 Å². The third-order valence-corrected chi connectivity index (χ3v) is 4.04. The van der Waals surface area contributed by atoms with Crippen molar-refractivity contribution in [2.75, 3.05) is 0 Å². The molecule has 0 heterocycles. The molecule has 0 saturated heterocycles. The highest BCUT2D eigenvalue weighted by Crippen LogP contribution is 2.43. The lowest BCUT2D eigenvalue weighted by molar-refractivity contribution is -0.153. The van der Waals surface area contributed by atoms with E-state index < -0.39 is 0 Å². The summed E-state index contributed by atoms with van der Waals surface area (Å²) in [4.78, 5) is 11.3. The van der Waals surface area contributed by atoms with Crippen LogP contribution in [0.3, 0.4) is 0 Å². The van der Waals surface area contributed by atoms with Crippen LogP contribution in [0.15, 0.2) is 24.8 Å². The standard InChI is InChI=1S/C16H28O2/c1-8-11-15(18-13(6)17)16(7,12(4)5)14(9-2)10-3/h8-9,11-12,14-15H,2,10H2,1,3-7H3/b11-8-. The number of hydrogen-bond donors (Lipinski definition) is 0. The maximum atomic E-state index is 11.3. The van der Waals surface area contributed by atoms with E-state index in [4.69, 9.17) is 4.74 Å². The highest BCUT2D eigenvalue weighted by Gasteiger charge is 2.42. The van der Waals surface area contributed by atoms with Crippen LogP contribution < -0.4 is 0 Å². The average Bonchev–Trinajstić information content (AvgIpc) is 2.28. The van der Waals surface area contributed by atoms with Gasteiger partial charge in [-0.25, -0.2) is 0 Å². The minimum Gasteiger partial charge on any atom is -0.458 e. The first-order chi connectivity index (χ1) is 8.34. The first-order valence-corrected chi connectivity index (χ1v) is 6.77. The third kappa shape index (κ3) is 3.72. The van der Waals surface area contributed by atoms with Crippen LogP contribution in [-0.2, 0) is 9.53 Å². The SMILES string of the molecule is C=CC(CC)C(C)(C(C)C)C(/C=C\C)OC(C)=O. The molecule has 0 radical (unpaired) electrons. The Morgan fingerprint density at radius 2 is 2.00 bits per heavy atom. The fourth-order valence-corrected chi connectivity index (χ4v) is 2.56. The van der Waals surface area contributed by atoms with E-state index >= 15 is 0 Å². The van der Waals surface area contributed by atoms with Gasteiger partial charge in [0.2, 0.25) is 0 Å². The van der Waals surface area contributed by atoms with E-state index in [1.807, 2.05) is 25.2 Å². The number of esters is 1. The highest BCUT2D eigenvalue weighted by molar-refractivity contribution is 5.66. The average molecular weight is 252 g/mol. The molecular weight excluding hydrogens is 224 g/mol. The number of carbonyl (C=O) groups is 1. The first-order valence-electron chi connectivity index (χ1n) is 6.77. The van der Waals surface area contributed by atoms with Crippen molar-refractivity contribution in [2.24, 2.45) is 17.3 Å². The molecule has 0 fully saturated rings. The van der Waals surface area contributed by atoms with E-state index in [0.717, 1.165) is 6.42 Å². The zero-order valence-corrected chi connectivity index (χ0v) is 12.7. The molecule has 0 bridgehead atoms. The fraction of sp³-hybridized carbons (Fsp3) is 0.688. The van der Waals surface area contributed by atoms with Gasteiger partial charge in [-0.15, -0.1) is 6.58 Å². The summed E-state index contributed by atoms with van der Waals surface area (Å²) in [7, 11) is 0. The van der Waals surface area contributed by atoms with Gasteiger partial charge in [-0.2, -0.15) is 0 Å². The Morgan fingerprint density at radius 3 is 2.28 bits per heavy atom. The Morgan fingerprint density at radius 1 is 1.44 bits per heavy atom. The van der Waals surface area contributed by atoms with E-state index in [0.29, 0.717) is 11.8 Å². The fourth-order valence-electron chi connectivity index (χ4n) is 2.56. The molecule has 104 valence electrons. The van der Waals surface area contributed by atoms with Gasteiger partial charge in [-0.05, 0) is 31.3 Å². The van der Waals surface area contributed by atoms with Gasteiger partial charge in [-0.3, -0.25) is 4.79 Å². The van der Waals surface area contributed by atoms with E-state index in [2.05, 4.69) is 34.3 Å². The Labute approximate surface area is 112 Å². The number of hydrogen-bond acceptors (Lipinski definition) is 2. The zero-order chi connectivity index (χ0) is 14.3. The second-order valence-electron chi connectivity index (χ2n) is 5.33. The lowest BCUT2D eigenvalue weighted by atomic mass is 9.64. The number of rotatable bonds is 7. The van der Waals surface area contributed by atoms with Crippen molar-refractivity contribution in [3.8, 4) is 0 Å². The van der Waals surface area contributed by atoms with E-state index in [9.17, 15) is 4.79 Å². The summed E-state index contributed by atoms with van der Waals surface area (Å²) in [6.07, 6.45) is 6.70. The topological polar surface area (TPSA) is 26.3 Å². The first kappa shape index (κ1) is 16.9. The van der Waals surface area contributed by atoms with Crippen LogP contribution in [0.1, 0.15) is 48.0 Å². The van der Waals surface area contributed by atoms with E-state index in [1.165, 1.54) is 6.92 Å². The van der Waals surface area contributed by atoms with Crippen molar-refractivity contribution in [1.82, 2.24) is 0 Å². The van der Waals surface area contributed by atoms with Gasteiger partial charge in [0.25, 0.3) is 0 Å². The molecule has 0 aromatic carbocycles. The number of ether oxygens (including phenoxy) is 1. The molecule has 0 spiro atoms. The Balaban J connectivity index is 5.49. The number of carbonyl (C=O) groups excluding carboxylic acids is 1. The van der Waals surface area contributed by atoms with Crippen molar-refractivity contribution in [3.05, 3.63) is 24.8 Å². The van der Waals surface area contributed by atoms with Crippen molar-refractivity contribution in [1.29, 1.82) is 0 Å². The molecule has 0 aromatic heterocycles. The molecule has 3 atom stereocenters. The summed E-state index contributed by atoms with van der Waals surface area (Å²) in [6.45, 7) is 16.0. The third-order valence-electron chi connectivity index (χ3n) is 4.04. The van der Waals surface area contributed by atoms with Crippen LogP contribution in [0.4, 0.5) is 0 Å². The largest absolute Gasteiger partial charge is 0.458 e. The molecule has 0 aromatic rings. The molecule has 3 unspecified atom stereocenters. The normalized spacial score (nSPS) is 18.4. The van der Waals surface area contributed by atoms with E-state index in [-0.39, 0.29) is 17.5 Å². The van der Waals surface area contributed by atoms with Gasteiger partial charge >= 0.3 is 5.97 Å². The lowest BCUT2D eigenvalue weighted by Gasteiger charge is -2.44. The maximum Gasteiger partial charge on any atom is 0.303 e. The van der Waals surface area contributed by atoms with Gasteiger partial charge in [-0.1, -0.05) is 39.8 Å². The summed E-state index contributed by atoms with van der Waals surface area (Å²) >= 11 is 0. The van der Waals surface area contributed by atoms with Gasteiger partial charge < -0.3 is 4.74 Å². The van der Waals surface area contributed by atoms with Crippen molar-refractivity contribution < 1.29 is 9.53 Å². The van der Waals surface area contributed by atoms with E-state index in [1.54, 1.807) is 0 Å². The lowest BCUT2D eigenvalue weighted by Crippen LogP contribution is -2.44. The molecule has 0 N–H and O–H groups in total. The smallest absolute Gasteiger partial charge is 0.303 e. The molecule has 18 heavy (non-hydrogen) atoms. The summed E-state index contributed by atoms with van der Waals surface area (Å²) < 4.78 is 5.53. The molecule has 0 amide bonds. The van der Waals surface area contributed by atoms with Gasteiger partial charge in [0.05, 0.1) is 0 Å². The minimum atomic E-state index is -0.233. The predicted molar refractivity (Wildman–Crippen MR) is 77.3 cm³/mol. The molecule has 0 aliphatic carbocycles. The molecule has 0 rings (SSSR count). The van der Waals surface area contributed by atoms with Crippen LogP contribution >= 0.6 is 0 Å². The monoisotopic (exact) mass is 252 g/mol. The molecular formula is C16H28O2. The van der Waals surface area contributed by atoms with Gasteiger partial charge in [0, 0.05) is 12.3 Å². The maximum absolute atomic E-state index is 11.3. The Bertz CT molecular complexity index is 304. The van der Waals surface area contributed by atoms with Gasteiger partial charge in [0.1, 0.15) is 6.10 Å². The zero-order valence-electron chi connectivity index (χ0n) is 12.7. The highest BCUT2D eigenvalue weighted by atomic mass is 16.5. The van der Waals surface area contributed by atoms with Crippen molar-refractivity contribution in [2.45, 2.75) is 54.1 Å². The minimum absolute atomic E-state index is 0.130. The summed E-state index contributed by atoms with van der Waals surface area (Å²) in [5.41, 5.74) is -0.130. The van der Waals surface area contributed by atoms with Crippen molar-refractivity contribution in [3.63, 3.8) is 0 Å². The van der Waals surface area contributed by atoms with Crippen LogP contribution in [0.2, 0.25) is 0 Å². The summed E-state index contributed by atoms with van der Waals surface area (Å²) in [6, 6.07) is 0. The second-order valence-corrected chi connectivity index (χ2v) is 5.33. The molecule has 2 heteroatoms. The quantitative estimate of drug-likeness (QED) is 0.497. The molecule has 0 aliphatic heterocycles. The predicted octanol–water partition coefficient (Wildman–Crippen LogP) is 4.37. The van der Waals surface area contributed by atoms with Crippen molar-refractivity contribution >= 4 is 5.97 Å². The summed E-state index contributed by atoms with van der Waals surface area (Å²) in [5, 5.41) is 0. The second kappa shape index (κ2) is 7.40. The Hall–Kier alpha value is -1.05. The number of allylic oxidation sites excluding steroid dienone is 2. The van der Waals surface area contributed by atoms with Gasteiger partial charge in [0.15, 0.2) is 0 Å². The van der Waals surface area contributed by atoms with Crippen LogP contribution in [0.25, 0.3) is 0 Å². The summed E-state index contributed by atoms with van der Waals surface area (Å²) in [5.74, 6) is 0.475. The Kier molecular flexibility index (Phi) is 6.97. The molecule has 2 nitrogen and oxygen atoms in total. The molecule has 0 aliphatic rings.